The molecule has 6 heteroatoms. The van der Waals surface area contributed by atoms with Crippen LogP contribution in [0.25, 0.3) is 0 Å². The molecule has 0 amide bonds. The molecule has 2 heterocycles. The Balaban J connectivity index is 1.80. The van der Waals surface area contributed by atoms with E-state index in [0.717, 1.165) is 25.7 Å². The van der Waals surface area contributed by atoms with E-state index >= 15 is 0 Å². The molecule has 0 bridgehead atoms. The van der Waals surface area contributed by atoms with Crippen LogP contribution in [0.3, 0.4) is 0 Å². The van der Waals surface area contributed by atoms with Crippen LogP contribution in [0.15, 0.2) is 0 Å². The standard InChI is InChI=1S/C15H24O6/c1-2-3-4-5-6-7-12(17)21-14-11(16)9-20-15(14)8-13(18)19-10-15/h11,14,16H,2-10H2,1H3/t11-,14+,15-/m1/s1. The van der Waals surface area contributed by atoms with Gasteiger partial charge in [-0.15, -0.1) is 0 Å². The molecule has 2 fully saturated rings. The van der Waals surface area contributed by atoms with Gasteiger partial charge in [0.2, 0.25) is 0 Å². The Bertz CT molecular complexity index is 382. The number of aliphatic hydroxyl groups excluding tert-OH is 1. The molecule has 0 radical (unpaired) electrons. The Kier molecular flexibility index (Phi) is 5.58. The Morgan fingerprint density at radius 3 is 2.81 bits per heavy atom. The van der Waals surface area contributed by atoms with E-state index in [1.54, 1.807) is 0 Å². The molecule has 120 valence electrons. The fraction of sp³-hybridized carbons (Fsp3) is 0.867. The van der Waals surface area contributed by atoms with Crippen molar-refractivity contribution >= 4 is 11.9 Å². The van der Waals surface area contributed by atoms with Crippen LogP contribution in [0.1, 0.15) is 51.9 Å². The summed E-state index contributed by atoms with van der Waals surface area (Å²) in [6.45, 7) is 2.24. The van der Waals surface area contributed by atoms with Crippen molar-refractivity contribution in [3.05, 3.63) is 0 Å². The van der Waals surface area contributed by atoms with Crippen molar-refractivity contribution in [1.82, 2.24) is 0 Å². The van der Waals surface area contributed by atoms with Gasteiger partial charge in [0.15, 0.2) is 11.7 Å². The van der Waals surface area contributed by atoms with Gasteiger partial charge in [0.05, 0.1) is 13.0 Å². The Hall–Kier alpha value is -1.14. The third-order valence-corrected chi connectivity index (χ3v) is 4.07. The zero-order valence-corrected chi connectivity index (χ0v) is 12.5. The summed E-state index contributed by atoms with van der Waals surface area (Å²) in [7, 11) is 0. The quantitative estimate of drug-likeness (QED) is 0.564. The molecule has 3 atom stereocenters. The molecule has 2 rings (SSSR count). The highest BCUT2D eigenvalue weighted by Crippen LogP contribution is 2.37. The maximum absolute atomic E-state index is 11.9. The largest absolute Gasteiger partial charge is 0.462 e. The highest BCUT2D eigenvalue weighted by atomic mass is 16.6. The van der Waals surface area contributed by atoms with Gasteiger partial charge in [-0.3, -0.25) is 9.59 Å². The minimum Gasteiger partial charge on any atom is -0.462 e. The fourth-order valence-corrected chi connectivity index (χ4v) is 2.86. The van der Waals surface area contributed by atoms with Crippen LogP contribution < -0.4 is 0 Å². The summed E-state index contributed by atoms with van der Waals surface area (Å²) in [5.74, 6) is -0.732. The zero-order chi connectivity index (χ0) is 15.3. The first-order valence-corrected chi connectivity index (χ1v) is 7.74. The summed E-state index contributed by atoms with van der Waals surface area (Å²) in [6, 6.07) is 0. The number of aliphatic hydroxyl groups is 1. The smallest absolute Gasteiger partial charge is 0.309 e. The van der Waals surface area contributed by atoms with Crippen LogP contribution in [-0.2, 0) is 23.8 Å². The van der Waals surface area contributed by atoms with Gasteiger partial charge < -0.3 is 19.3 Å². The van der Waals surface area contributed by atoms with Gasteiger partial charge in [0.25, 0.3) is 0 Å². The number of esters is 2. The third kappa shape index (κ3) is 3.95. The summed E-state index contributed by atoms with van der Waals surface area (Å²) in [4.78, 5) is 23.2. The summed E-state index contributed by atoms with van der Waals surface area (Å²) in [5.41, 5.74) is -0.992. The number of cyclic esters (lactones) is 1. The molecule has 2 aliphatic rings. The van der Waals surface area contributed by atoms with Crippen molar-refractivity contribution in [1.29, 1.82) is 0 Å². The van der Waals surface area contributed by atoms with Crippen LogP contribution in [0.5, 0.6) is 0 Å². The molecule has 0 aromatic rings. The normalized spacial score (nSPS) is 31.6. The Morgan fingerprint density at radius 2 is 2.14 bits per heavy atom. The maximum Gasteiger partial charge on any atom is 0.309 e. The lowest BCUT2D eigenvalue weighted by Crippen LogP contribution is -2.46. The van der Waals surface area contributed by atoms with Crippen LogP contribution in [0, 0.1) is 0 Å². The summed E-state index contributed by atoms with van der Waals surface area (Å²) >= 11 is 0. The molecule has 21 heavy (non-hydrogen) atoms. The number of carbonyl (C=O) groups is 2. The van der Waals surface area contributed by atoms with E-state index in [4.69, 9.17) is 14.2 Å². The number of hydrogen-bond acceptors (Lipinski definition) is 6. The van der Waals surface area contributed by atoms with Gasteiger partial charge in [-0.05, 0) is 6.42 Å². The second kappa shape index (κ2) is 7.22. The fourth-order valence-electron chi connectivity index (χ4n) is 2.86. The molecule has 2 saturated heterocycles. The summed E-state index contributed by atoms with van der Waals surface area (Å²) < 4.78 is 15.8. The van der Waals surface area contributed by atoms with E-state index in [9.17, 15) is 14.7 Å². The van der Waals surface area contributed by atoms with Gasteiger partial charge in [-0.2, -0.15) is 0 Å². The topological polar surface area (TPSA) is 82.1 Å². The number of carbonyl (C=O) groups excluding carboxylic acids is 2. The lowest BCUT2D eigenvalue weighted by atomic mass is 9.94. The van der Waals surface area contributed by atoms with Gasteiger partial charge in [0, 0.05) is 6.42 Å². The predicted molar refractivity (Wildman–Crippen MR) is 73.5 cm³/mol. The molecule has 0 aromatic heterocycles. The number of hydrogen-bond donors (Lipinski definition) is 1. The number of rotatable bonds is 7. The second-order valence-corrected chi connectivity index (χ2v) is 5.86. The number of unbranched alkanes of at least 4 members (excludes halogenated alkanes) is 4. The summed E-state index contributed by atoms with van der Waals surface area (Å²) in [6.07, 6.45) is 3.88. The van der Waals surface area contributed by atoms with Gasteiger partial charge >= 0.3 is 11.9 Å². The first-order valence-electron chi connectivity index (χ1n) is 7.74. The van der Waals surface area contributed by atoms with E-state index in [0.29, 0.717) is 6.42 Å². The van der Waals surface area contributed by atoms with Crippen LogP contribution in [0.4, 0.5) is 0 Å². The van der Waals surface area contributed by atoms with E-state index in [1.807, 2.05) is 0 Å². The summed E-state index contributed by atoms with van der Waals surface area (Å²) in [5, 5.41) is 9.92. The van der Waals surface area contributed by atoms with Crippen molar-refractivity contribution < 1.29 is 28.9 Å². The second-order valence-electron chi connectivity index (χ2n) is 5.86. The average Bonchev–Trinajstić information content (AvgIpc) is 2.97. The molecule has 0 saturated carbocycles. The highest BCUT2D eigenvalue weighted by Gasteiger charge is 2.57. The van der Waals surface area contributed by atoms with Crippen molar-refractivity contribution in [2.45, 2.75) is 69.7 Å². The Morgan fingerprint density at radius 1 is 1.38 bits per heavy atom. The van der Waals surface area contributed by atoms with E-state index in [-0.39, 0.29) is 31.6 Å². The average molecular weight is 300 g/mol. The van der Waals surface area contributed by atoms with Crippen molar-refractivity contribution in [3.8, 4) is 0 Å². The highest BCUT2D eigenvalue weighted by molar-refractivity contribution is 5.74. The van der Waals surface area contributed by atoms with Crippen molar-refractivity contribution in [2.75, 3.05) is 13.2 Å². The predicted octanol–water partition coefficient (Wildman–Crippen LogP) is 1.34. The first-order chi connectivity index (χ1) is 10.1. The molecule has 0 aromatic carbocycles. The first kappa shape index (κ1) is 16.2. The molecular formula is C15H24O6. The van der Waals surface area contributed by atoms with E-state index in [1.165, 1.54) is 6.42 Å². The lowest BCUT2D eigenvalue weighted by molar-refractivity contribution is -0.163. The molecule has 0 unspecified atom stereocenters. The van der Waals surface area contributed by atoms with Crippen molar-refractivity contribution in [2.24, 2.45) is 0 Å². The third-order valence-electron chi connectivity index (χ3n) is 4.07. The SMILES string of the molecule is CCCCCCCC(=O)O[C@H]1[C@H](O)CO[C@]12COC(=O)C2. The van der Waals surface area contributed by atoms with Gasteiger partial charge in [-0.25, -0.2) is 0 Å². The Labute approximate surface area is 124 Å². The van der Waals surface area contributed by atoms with Crippen LogP contribution >= 0.6 is 0 Å². The van der Waals surface area contributed by atoms with Gasteiger partial charge in [0.1, 0.15) is 12.7 Å². The minimum absolute atomic E-state index is 0.0263. The molecule has 2 aliphatic heterocycles. The maximum atomic E-state index is 11.9. The van der Waals surface area contributed by atoms with E-state index in [2.05, 4.69) is 6.92 Å². The van der Waals surface area contributed by atoms with E-state index < -0.39 is 17.8 Å². The monoisotopic (exact) mass is 300 g/mol. The number of ether oxygens (including phenoxy) is 3. The van der Waals surface area contributed by atoms with Gasteiger partial charge in [-0.1, -0.05) is 32.6 Å². The molecule has 1 N–H and O–H groups in total. The zero-order valence-electron chi connectivity index (χ0n) is 12.5. The lowest BCUT2D eigenvalue weighted by Gasteiger charge is -2.27. The van der Waals surface area contributed by atoms with Crippen LogP contribution in [0.2, 0.25) is 0 Å². The molecule has 1 spiro atoms. The molecular weight excluding hydrogens is 276 g/mol. The minimum atomic E-state index is -0.992. The molecule has 0 aliphatic carbocycles. The molecule has 6 nitrogen and oxygen atoms in total. The van der Waals surface area contributed by atoms with Crippen LogP contribution in [-0.4, -0.2) is 48.1 Å². The van der Waals surface area contributed by atoms with Crippen molar-refractivity contribution in [3.63, 3.8) is 0 Å².